The lowest BCUT2D eigenvalue weighted by molar-refractivity contribution is -0.134. The molecule has 0 aromatic heterocycles. The van der Waals surface area contributed by atoms with E-state index < -0.39 is 10.4 Å². The molecule has 0 bridgehead atoms. The minimum atomic E-state index is -1.05. The molecule has 10 heteroatoms. The molecule has 1 aromatic carbocycles. The molecule has 1 saturated heterocycles. The predicted octanol–water partition coefficient (Wildman–Crippen LogP) is 9.82. The summed E-state index contributed by atoms with van der Waals surface area (Å²) in [5, 5.41) is -2.09. The van der Waals surface area contributed by atoms with Gasteiger partial charge in [-0.05, 0) is 123 Å². The number of carbonyl (C=O) groups is 2. The van der Waals surface area contributed by atoms with Crippen LogP contribution in [-0.2, 0) is 16.0 Å². The second kappa shape index (κ2) is 20.9. The van der Waals surface area contributed by atoms with E-state index in [1.165, 1.54) is 61.6 Å². The summed E-state index contributed by atoms with van der Waals surface area (Å²) in [5.41, 5.74) is 5.77. The van der Waals surface area contributed by atoms with Gasteiger partial charge in [0.1, 0.15) is 5.75 Å². The molecule has 4 atom stereocenters. The summed E-state index contributed by atoms with van der Waals surface area (Å²) in [6.07, 6.45) is 14.5. The molecule has 55 heavy (non-hydrogen) atoms. The van der Waals surface area contributed by atoms with Crippen LogP contribution in [0.5, 0.6) is 5.75 Å². The molecular formula is C45H72B4N2O4. The van der Waals surface area contributed by atoms with Crippen LogP contribution in [0.1, 0.15) is 142 Å². The molecule has 8 radical (unpaired) electrons. The first-order chi connectivity index (χ1) is 26.0. The van der Waals surface area contributed by atoms with Crippen molar-refractivity contribution in [1.82, 2.24) is 9.80 Å². The first kappa shape index (κ1) is 47.0. The monoisotopic (exact) mass is 749 g/mol. The van der Waals surface area contributed by atoms with Crippen molar-refractivity contribution >= 4 is 43.4 Å². The summed E-state index contributed by atoms with van der Waals surface area (Å²) < 4.78 is 10.9. The number of hydrogen-bond acceptors (Lipinski definition) is 4. The number of nitrogens with zero attached hydrogens (tertiary/aromatic N) is 2. The van der Waals surface area contributed by atoms with E-state index in [-0.39, 0.29) is 19.5 Å². The lowest BCUT2D eigenvalue weighted by Gasteiger charge is -2.49. The summed E-state index contributed by atoms with van der Waals surface area (Å²) in [5.74, 6) is 4.18. The Kier molecular flexibility index (Phi) is 17.9. The Morgan fingerprint density at radius 3 is 2.20 bits per heavy atom. The van der Waals surface area contributed by atoms with Gasteiger partial charge in [-0.15, -0.1) is 23.6 Å². The number of ether oxygens (including phenoxy) is 2. The summed E-state index contributed by atoms with van der Waals surface area (Å²) in [6, 6.07) is 4.71. The highest BCUT2D eigenvalue weighted by molar-refractivity contribution is 6.53. The molecule has 4 unspecified atom stereocenters. The van der Waals surface area contributed by atoms with Crippen molar-refractivity contribution in [3.8, 4) is 5.75 Å². The van der Waals surface area contributed by atoms with Crippen LogP contribution in [0.3, 0.4) is 0 Å². The van der Waals surface area contributed by atoms with Crippen molar-refractivity contribution in [3.63, 3.8) is 0 Å². The van der Waals surface area contributed by atoms with Gasteiger partial charge >= 0.3 is 6.09 Å². The topological polar surface area (TPSA) is 59.1 Å². The van der Waals surface area contributed by atoms with Crippen molar-refractivity contribution in [3.05, 3.63) is 54.1 Å². The van der Waals surface area contributed by atoms with Crippen molar-refractivity contribution in [2.45, 2.75) is 154 Å². The van der Waals surface area contributed by atoms with Gasteiger partial charge in [0, 0.05) is 47.2 Å². The van der Waals surface area contributed by atoms with Gasteiger partial charge in [0.2, 0.25) is 5.91 Å². The first-order valence-electron chi connectivity index (χ1n) is 21.2. The SMILES string of the molecule is C=C.C=C1CCC2C3CCc4cc(OC(=O)N5CCC(N(CCC)C(=O)CC)CC5)c(C)cc4C3CCC12C.CC1CC1.[B]C([B])(C)C([B])([B])CCCOC.[HH]. The van der Waals surface area contributed by atoms with Crippen molar-refractivity contribution < 1.29 is 20.5 Å². The van der Waals surface area contributed by atoms with Crippen LogP contribution in [0.2, 0.25) is 10.4 Å². The molecule has 1 heterocycles. The highest BCUT2D eigenvalue weighted by Gasteiger charge is 2.52. The molecule has 4 fully saturated rings. The van der Waals surface area contributed by atoms with Crippen LogP contribution in [-0.4, -0.2) is 92.6 Å². The smallest absolute Gasteiger partial charge is 0.410 e. The maximum Gasteiger partial charge on any atom is 0.415 e. The number of likely N-dealkylation sites (tertiary alicyclic amines) is 1. The Hall–Kier alpha value is -2.34. The van der Waals surface area contributed by atoms with Gasteiger partial charge in [0.25, 0.3) is 0 Å². The van der Waals surface area contributed by atoms with Crippen LogP contribution in [0.15, 0.2) is 37.4 Å². The lowest BCUT2D eigenvalue weighted by atomic mass is 9.29. The minimum absolute atomic E-state index is 0. The minimum Gasteiger partial charge on any atom is -0.410 e. The van der Waals surface area contributed by atoms with Crippen LogP contribution in [0, 0.1) is 30.1 Å². The molecule has 1 aliphatic heterocycles. The average molecular weight is 748 g/mol. The Bertz CT molecular complexity index is 1430. The number of rotatable bonds is 10. The maximum atomic E-state index is 13.1. The van der Waals surface area contributed by atoms with Crippen molar-refractivity contribution in [2.75, 3.05) is 33.4 Å². The summed E-state index contributed by atoms with van der Waals surface area (Å²) in [6.45, 7) is 25.6. The van der Waals surface area contributed by atoms with Crippen LogP contribution in [0.4, 0.5) is 4.79 Å². The molecule has 4 aliphatic carbocycles. The normalized spacial score (nSPS) is 24.6. The largest absolute Gasteiger partial charge is 0.415 e. The van der Waals surface area contributed by atoms with E-state index in [1.807, 2.05) is 16.7 Å². The van der Waals surface area contributed by atoms with E-state index in [0.717, 1.165) is 62.0 Å². The standard InChI is InChI=1S/C32H46N2O3.C7H12B4O.C4H8.C2H4.H2/c1-6-16-34(30(35)7-2)24-13-17-33(18-14-24)31(36)37-29-20-23-9-10-26-25(27(23)19-21(29)3)12-15-32(5)22(4)8-11-28(26)32;1-6(8,9)7(10,11)4-3-5-12-2;1-4-2-3-4;1-2;/h19-20,24-26,28H,4,6-18H2,1-3,5H3;3-5H2,1-2H3;4H,2-3H2,1H3;1-2H2;1H. The van der Waals surface area contributed by atoms with Gasteiger partial charge in [0.05, 0.1) is 31.4 Å². The maximum absolute atomic E-state index is 13.1. The third-order valence-electron chi connectivity index (χ3n) is 13.2. The number of piperidine rings is 1. The molecular weight excluding hydrogens is 676 g/mol. The zero-order chi connectivity index (χ0) is 41.1. The van der Waals surface area contributed by atoms with Gasteiger partial charge in [-0.2, -0.15) is 0 Å². The van der Waals surface area contributed by atoms with Crippen LogP contribution < -0.4 is 4.74 Å². The Balaban J connectivity index is 0.000000476. The van der Waals surface area contributed by atoms with E-state index in [2.05, 4.69) is 59.6 Å². The Morgan fingerprint density at radius 1 is 1.02 bits per heavy atom. The summed E-state index contributed by atoms with van der Waals surface area (Å²) in [7, 11) is 24.2. The Morgan fingerprint density at radius 2 is 1.65 bits per heavy atom. The highest BCUT2D eigenvalue weighted by atomic mass is 16.6. The predicted molar refractivity (Wildman–Crippen MR) is 235 cm³/mol. The number of carbonyl (C=O) groups excluding carboxylic acids is 2. The van der Waals surface area contributed by atoms with Gasteiger partial charge in [-0.1, -0.05) is 72.1 Å². The molecule has 6 rings (SSSR count). The molecule has 6 nitrogen and oxygen atoms in total. The fourth-order valence-electron chi connectivity index (χ4n) is 9.15. The highest BCUT2D eigenvalue weighted by Crippen LogP contribution is 2.62. The number of hydrogen-bond donors (Lipinski definition) is 0. The average Bonchev–Trinajstić information content (AvgIpc) is 3.89. The number of benzene rings is 1. The molecule has 2 amide bonds. The molecule has 0 spiro atoms. The van der Waals surface area contributed by atoms with E-state index in [4.69, 9.17) is 40.9 Å². The molecule has 0 N–H and O–H groups in total. The fourth-order valence-corrected chi connectivity index (χ4v) is 9.15. The van der Waals surface area contributed by atoms with Gasteiger partial charge in [-0.25, -0.2) is 4.79 Å². The third kappa shape index (κ3) is 12.1. The second-order valence-electron chi connectivity index (χ2n) is 17.5. The first-order valence-corrected chi connectivity index (χ1v) is 21.2. The number of aryl methyl sites for hydroxylation is 2. The van der Waals surface area contributed by atoms with Gasteiger partial charge < -0.3 is 19.3 Å². The second-order valence-corrected chi connectivity index (χ2v) is 17.5. The summed E-state index contributed by atoms with van der Waals surface area (Å²) in [4.78, 5) is 29.4. The van der Waals surface area contributed by atoms with E-state index in [9.17, 15) is 9.59 Å². The van der Waals surface area contributed by atoms with E-state index >= 15 is 0 Å². The number of fused-ring (bicyclic) bond motifs is 5. The molecule has 1 aromatic rings. The third-order valence-corrected chi connectivity index (χ3v) is 13.2. The van der Waals surface area contributed by atoms with Crippen LogP contribution in [0.25, 0.3) is 0 Å². The van der Waals surface area contributed by atoms with Crippen LogP contribution >= 0.6 is 0 Å². The Labute approximate surface area is 342 Å². The van der Waals surface area contributed by atoms with E-state index in [0.29, 0.717) is 49.6 Å². The quantitative estimate of drug-likeness (QED) is 0.136. The van der Waals surface area contributed by atoms with Crippen molar-refractivity contribution in [1.29, 1.82) is 0 Å². The molecule has 5 aliphatic rings. The number of allylic oxidation sites excluding steroid dienone is 1. The molecule has 298 valence electrons. The lowest BCUT2D eigenvalue weighted by Crippen LogP contribution is -2.49. The van der Waals surface area contributed by atoms with Gasteiger partial charge in [-0.3, -0.25) is 4.79 Å². The number of amides is 2. The molecule has 3 saturated carbocycles. The zero-order valence-corrected chi connectivity index (χ0v) is 35.7. The van der Waals surface area contributed by atoms with Crippen molar-refractivity contribution in [2.24, 2.45) is 23.2 Å². The van der Waals surface area contributed by atoms with Gasteiger partial charge in [0.15, 0.2) is 0 Å². The van der Waals surface area contributed by atoms with E-state index in [1.54, 1.807) is 14.0 Å². The fraction of sp³-hybridized carbons (Fsp3) is 0.733. The summed E-state index contributed by atoms with van der Waals surface area (Å²) >= 11 is 0. The number of methoxy groups -OCH3 is 1. The zero-order valence-electron chi connectivity index (χ0n) is 35.7.